The predicted octanol–water partition coefficient (Wildman–Crippen LogP) is 4.25. The first kappa shape index (κ1) is 14.8. The van der Waals surface area contributed by atoms with Gasteiger partial charge >= 0.3 is 0 Å². The first-order chi connectivity index (χ1) is 10.1. The molecule has 3 nitrogen and oxygen atoms in total. The van der Waals surface area contributed by atoms with Crippen molar-refractivity contribution >= 4 is 29.3 Å². The van der Waals surface area contributed by atoms with Gasteiger partial charge in [-0.2, -0.15) is 5.26 Å². The third kappa shape index (κ3) is 3.95. The molecule has 0 fully saturated rings. The van der Waals surface area contributed by atoms with Crippen LogP contribution in [0.3, 0.4) is 0 Å². The van der Waals surface area contributed by atoms with E-state index in [0.29, 0.717) is 21.8 Å². The van der Waals surface area contributed by atoms with Gasteiger partial charge in [0.25, 0.3) is 5.91 Å². The quantitative estimate of drug-likeness (QED) is 0.861. The van der Waals surface area contributed by atoms with Crippen molar-refractivity contribution in [3.8, 4) is 6.07 Å². The minimum atomic E-state index is -0.209. The van der Waals surface area contributed by atoms with Crippen LogP contribution >= 0.6 is 11.6 Å². The van der Waals surface area contributed by atoms with E-state index in [9.17, 15) is 4.79 Å². The Morgan fingerprint density at radius 2 is 1.95 bits per heavy atom. The van der Waals surface area contributed by atoms with Crippen molar-refractivity contribution in [2.45, 2.75) is 6.92 Å². The van der Waals surface area contributed by atoms with Gasteiger partial charge < -0.3 is 5.32 Å². The number of carbonyl (C=O) groups excluding carboxylic acids is 1. The molecule has 0 aliphatic carbocycles. The maximum Gasteiger partial charge on any atom is 0.251 e. The van der Waals surface area contributed by atoms with Crippen LogP contribution in [0.15, 0.2) is 54.1 Å². The van der Waals surface area contributed by atoms with E-state index >= 15 is 0 Å². The second-order valence-corrected chi connectivity index (χ2v) is 4.91. The summed E-state index contributed by atoms with van der Waals surface area (Å²) < 4.78 is 0. The number of nitriles is 1. The van der Waals surface area contributed by atoms with Gasteiger partial charge in [-0.3, -0.25) is 4.79 Å². The third-order valence-electron chi connectivity index (χ3n) is 2.89. The second-order valence-electron chi connectivity index (χ2n) is 4.50. The van der Waals surface area contributed by atoms with Gasteiger partial charge in [-0.15, -0.1) is 0 Å². The van der Waals surface area contributed by atoms with Crippen LogP contribution in [0, 0.1) is 11.3 Å². The van der Waals surface area contributed by atoms with Gasteiger partial charge in [0.2, 0.25) is 0 Å². The van der Waals surface area contributed by atoms with Crippen LogP contribution in [-0.4, -0.2) is 5.91 Å². The van der Waals surface area contributed by atoms with Crippen LogP contribution in [0.5, 0.6) is 0 Å². The van der Waals surface area contributed by atoms with E-state index < -0.39 is 0 Å². The maximum atomic E-state index is 12.1. The Balaban J connectivity index is 2.13. The summed E-state index contributed by atoms with van der Waals surface area (Å²) in [6.07, 6.45) is 1.81. The molecule has 0 aromatic heterocycles. The number of hydrogen-bond donors (Lipinski definition) is 1. The summed E-state index contributed by atoms with van der Waals surface area (Å²) in [5, 5.41) is 11.9. The van der Waals surface area contributed by atoms with Crippen LogP contribution in [0.25, 0.3) is 6.08 Å². The van der Waals surface area contributed by atoms with E-state index in [1.807, 2.05) is 36.4 Å². The van der Waals surface area contributed by atoms with E-state index in [4.69, 9.17) is 16.9 Å². The first-order valence-corrected chi connectivity index (χ1v) is 6.72. The smallest absolute Gasteiger partial charge is 0.251 e. The summed E-state index contributed by atoms with van der Waals surface area (Å²) >= 11 is 5.93. The Hall–Kier alpha value is -2.57. The zero-order chi connectivity index (χ0) is 15.2. The number of benzene rings is 2. The van der Waals surface area contributed by atoms with E-state index in [0.717, 1.165) is 5.56 Å². The van der Waals surface area contributed by atoms with Gasteiger partial charge in [-0.1, -0.05) is 41.9 Å². The van der Waals surface area contributed by atoms with Crippen LogP contribution in [0.1, 0.15) is 18.1 Å². The molecule has 1 amide bonds. The second kappa shape index (κ2) is 6.74. The number of amides is 1. The highest BCUT2D eigenvalue weighted by Gasteiger charge is 2.07. The number of hydrogen-bond acceptors (Lipinski definition) is 2. The van der Waals surface area contributed by atoms with Crippen molar-refractivity contribution < 1.29 is 4.79 Å². The van der Waals surface area contributed by atoms with Crippen LogP contribution in [0.4, 0.5) is 5.69 Å². The Labute approximate surface area is 128 Å². The highest BCUT2D eigenvalue weighted by atomic mass is 35.5. The zero-order valence-corrected chi connectivity index (χ0v) is 12.2. The van der Waals surface area contributed by atoms with Crippen molar-refractivity contribution in [1.29, 1.82) is 5.26 Å². The Morgan fingerprint density at radius 1 is 1.24 bits per heavy atom. The monoisotopic (exact) mass is 296 g/mol. The number of carbonyl (C=O) groups is 1. The summed E-state index contributed by atoms with van der Waals surface area (Å²) in [5.41, 5.74) is 2.49. The summed E-state index contributed by atoms with van der Waals surface area (Å²) in [6, 6.07) is 16.4. The average Bonchev–Trinajstić information content (AvgIpc) is 2.48. The summed E-state index contributed by atoms with van der Waals surface area (Å²) in [5.74, 6) is -0.209. The number of nitrogens with one attached hydrogen (secondary N) is 1. The number of halogens is 1. The van der Waals surface area contributed by atoms with Crippen LogP contribution in [0.2, 0.25) is 5.02 Å². The molecule has 0 aliphatic heterocycles. The molecule has 0 atom stereocenters. The zero-order valence-electron chi connectivity index (χ0n) is 11.4. The molecule has 0 unspecified atom stereocenters. The molecular weight excluding hydrogens is 284 g/mol. The fourth-order valence-corrected chi connectivity index (χ4v) is 2.00. The van der Waals surface area contributed by atoms with Gasteiger partial charge in [-0.05, 0) is 36.8 Å². The van der Waals surface area contributed by atoms with Crippen LogP contribution in [-0.2, 0) is 4.79 Å². The van der Waals surface area contributed by atoms with E-state index in [1.165, 1.54) is 0 Å². The van der Waals surface area contributed by atoms with Crippen molar-refractivity contribution in [3.63, 3.8) is 0 Å². The predicted molar refractivity (Wildman–Crippen MR) is 84.9 cm³/mol. The lowest BCUT2D eigenvalue weighted by atomic mass is 10.1. The molecule has 0 spiro atoms. The Bertz CT molecular complexity index is 730. The fraction of sp³-hybridized carbons (Fsp3) is 0.0588. The average molecular weight is 297 g/mol. The third-order valence-corrected chi connectivity index (χ3v) is 3.20. The van der Waals surface area contributed by atoms with Crippen molar-refractivity contribution in [1.82, 2.24) is 0 Å². The highest BCUT2D eigenvalue weighted by Crippen LogP contribution is 2.20. The van der Waals surface area contributed by atoms with Gasteiger partial charge in [0, 0.05) is 11.3 Å². The lowest BCUT2D eigenvalue weighted by molar-refractivity contribution is -0.112. The number of rotatable bonds is 3. The lowest BCUT2D eigenvalue weighted by Gasteiger charge is -2.06. The molecule has 2 aromatic rings. The van der Waals surface area contributed by atoms with Gasteiger partial charge in [0.05, 0.1) is 10.6 Å². The van der Waals surface area contributed by atoms with E-state index in [1.54, 1.807) is 31.2 Å². The molecule has 21 heavy (non-hydrogen) atoms. The molecule has 0 radical (unpaired) electrons. The first-order valence-electron chi connectivity index (χ1n) is 6.34. The van der Waals surface area contributed by atoms with Crippen LogP contribution < -0.4 is 5.32 Å². The standard InChI is InChI=1S/C17H13ClN2O/c1-12(9-13-5-3-2-4-6-13)17(21)20-15-8-7-14(11-19)16(18)10-15/h2-10H,1H3,(H,20,21)/b12-9-. The minimum absolute atomic E-state index is 0.209. The van der Waals surface area contributed by atoms with Crippen molar-refractivity contribution in [2.24, 2.45) is 0 Å². The molecule has 4 heteroatoms. The molecule has 2 aromatic carbocycles. The molecular formula is C17H13ClN2O. The van der Waals surface area contributed by atoms with Gasteiger partial charge in [0.15, 0.2) is 0 Å². The summed E-state index contributed by atoms with van der Waals surface area (Å²) in [4.78, 5) is 12.1. The summed E-state index contributed by atoms with van der Waals surface area (Å²) in [7, 11) is 0. The van der Waals surface area contributed by atoms with Crippen molar-refractivity contribution in [2.75, 3.05) is 5.32 Å². The highest BCUT2D eigenvalue weighted by molar-refractivity contribution is 6.32. The molecule has 104 valence electrons. The fourth-order valence-electron chi connectivity index (χ4n) is 1.78. The molecule has 1 N–H and O–H groups in total. The lowest BCUT2D eigenvalue weighted by Crippen LogP contribution is -2.12. The van der Waals surface area contributed by atoms with Crippen molar-refractivity contribution in [3.05, 3.63) is 70.3 Å². The molecule has 0 heterocycles. The molecule has 2 rings (SSSR count). The van der Waals surface area contributed by atoms with Gasteiger partial charge in [0.1, 0.15) is 6.07 Å². The van der Waals surface area contributed by atoms with E-state index in [-0.39, 0.29) is 5.91 Å². The van der Waals surface area contributed by atoms with Gasteiger partial charge in [-0.25, -0.2) is 0 Å². The molecule has 0 aliphatic rings. The minimum Gasteiger partial charge on any atom is -0.322 e. The Kier molecular flexibility index (Phi) is 4.76. The summed E-state index contributed by atoms with van der Waals surface area (Å²) in [6.45, 7) is 1.74. The molecule has 0 saturated heterocycles. The Morgan fingerprint density at radius 3 is 2.57 bits per heavy atom. The number of anilines is 1. The topological polar surface area (TPSA) is 52.9 Å². The SMILES string of the molecule is C/C(=C/c1ccccc1)C(=O)Nc1ccc(C#N)c(Cl)c1. The largest absolute Gasteiger partial charge is 0.322 e. The molecule has 0 bridgehead atoms. The molecule has 0 saturated carbocycles. The number of nitrogens with zero attached hydrogens (tertiary/aromatic N) is 1. The maximum absolute atomic E-state index is 12.1. The van der Waals surface area contributed by atoms with E-state index in [2.05, 4.69) is 5.32 Å². The normalized spacial score (nSPS) is 10.8.